The molecular formula is C11H9F4N3S. The zero-order chi connectivity index (χ0) is 14.0. The molecule has 1 atom stereocenters. The second-order valence-corrected chi connectivity index (χ2v) is 4.78. The molecule has 1 heterocycles. The molecule has 0 bridgehead atoms. The molecule has 19 heavy (non-hydrogen) atoms. The van der Waals surface area contributed by atoms with E-state index in [4.69, 9.17) is 5.84 Å². The summed E-state index contributed by atoms with van der Waals surface area (Å²) in [4.78, 5) is 3.57. The third-order valence-electron chi connectivity index (χ3n) is 2.40. The Morgan fingerprint density at radius 3 is 2.58 bits per heavy atom. The number of nitrogens with two attached hydrogens (primary N) is 1. The average Bonchev–Trinajstić information content (AvgIpc) is 2.79. The maximum Gasteiger partial charge on any atom is 0.443 e. The number of rotatable bonds is 3. The van der Waals surface area contributed by atoms with Crippen LogP contribution in [0.25, 0.3) is 0 Å². The highest BCUT2D eigenvalue weighted by atomic mass is 32.1. The molecule has 0 radical (unpaired) electrons. The van der Waals surface area contributed by atoms with E-state index < -0.39 is 23.0 Å². The van der Waals surface area contributed by atoms with Gasteiger partial charge in [0.25, 0.3) is 0 Å². The summed E-state index contributed by atoms with van der Waals surface area (Å²) in [5.74, 6) is 4.84. The van der Waals surface area contributed by atoms with Crippen LogP contribution in [0.15, 0.2) is 30.5 Å². The lowest BCUT2D eigenvalue weighted by atomic mass is 10.1. The van der Waals surface area contributed by atoms with Crippen molar-refractivity contribution in [2.24, 2.45) is 5.84 Å². The minimum atomic E-state index is -4.50. The number of hydrogen-bond donors (Lipinski definition) is 2. The molecular weight excluding hydrogens is 282 g/mol. The van der Waals surface area contributed by atoms with Crippen LogP contribution in [0.5, 0.6) is 0 Å². The first-order valence-corrected chi connectivity index (χ1v) is 5.98. The van der Waals surface area contributed by atoms with Gasteiger partial charge in [-0.2, -0.15) is 13.2 Å². The van der Waals surface area contributed by atoms with Crippen LogP contribution in [0.2, 0.25) is 0 Å². The highest BCUT2D eigenvalue weighted by Crippen LogP contribution is 2.35. The number of nitrogens with zero attached hydrogens (tertiary/aromatic N) is 1. The lowest BCUT2D eigenvalue weighted by molar-refractivity contribution is -0.137. The molecule has 1 aromatic carbocycles. The van der Waals surface area contributed by atoms with Crippen molar-refractivity contribution in [1.29, 1.82) is 0 Å². The zero-order valence-electron chi connectivity index (χ0n) is 9.41. The molecule has 2 aromatic rings. The monoisotopic (exact) mass is 291 g/mol. The molecule has 2 rings (SSSR count). The lowest BCUT2D eigenvalue weighted by Crippen LogP contribution is -2.28. The molecule has 0 aliphatic heterocycles. The quantitative estimate of drug-likeness (QED) is 0.519. The van der Waals surface area contributed by atoms with E-state index in [1.165, 1.54) is 18.2 Å². The second-order valence-electron chi connectivity index (χ2n) is 3.72. The number of halogens is 4. The Morgan fingerprint density at radius 1 is 1.32 bits per heavy atom. The highest BCUT2D eigenvalue weighted by Gasteiger charge is 2.35. The molecule has 0 aliphatic carbocycles. The smallest absolute Gasteiger partial charge is 0.271 e. The fourth-order valence-corrected chi connectivity index (χ4v) is 2.45. The van der Waals surface area contributed by atoms with Crippen molar-refractivity contribution in [3.8, 4) is 0 Å². The Kier molecular flexibility index (Phi) is 3.83. The van der Waals surface area contributed by atoms with Gasteiger partial charge in [-0.25, -0.2) is 14.8 Å². The van der Waals surface area contributed by atoms with Crippen LogP contribution in [-0.2, 0) is 6.18 Å². The van der Waals surface area contributed by atoms with Gasteiger partial charge in [0.1, 0.15) is 5.82 Å². The molecule has 0 fully saturated rings. The summed E-state index contributed by atoms with van der Waals surface area (Å²) in [5, 5.41) is -0.959. The van der Waals surface area contributed by atoms with E-state index in [0.29, 0.717) is 16.9 Å². The van der Waals surface area contributed by atoms with E-state index >= 15 is 0 Å². The summed E-state index contributed by atoms with van der Waals surface area (Å²) in [5.41, 5.74) is 2.79. The minimum Gasteiger partial charge on any atom is -0.271 e. The van der Waals surface area contributed by atoms with Gasteiger partial charge in [0.2, 0.25) is 0 Å². The number of aromatic nitrogens is 1. The fraction of sp³-hybridized carbons (Fsp3) is 0.182. The number of thiazole rings is 1. The van der Waals surface area contributed by atoms with Crippen LogP contribution in [0.1, 0.15) is 21.5 Å². The largest absolute Gasteiger partial charge is 0.443 e. The summed E-state index contributed by atoms with van der Waals surface area (Å²) in [7, 11) is 0. The summed E-state index contributed by atoms with van der Waals surface area (Å²) in [6.45, 7) is 0. The normalized spacial score (nSPS) is 13.5. The average molecular weight is 291 g/mol. The van der Waals surface area contributed by atoms with Crippen LogP contribution in [0, 0.1) is 5.82 Å². The molecule has 1 aromatic heterocycles. The van der Waals surface area contributed by atoms with Crippen LogP contribution in [0.4, 0.5) is 17.6 Å². The third-order valence-corrected chi connectivity index (χ3v) is 3.51. The van der Waals surface area contributed by atoms with Gasteiger partial charge >= 0.3 is 6.18 Å². The van der Waals surface area contributed by atoms with Gasteiger partial charge in [-0.1, -0.05) is 12.1 Å². The van der Waals surface area contributed by atoms with E-state index in [0.717, 1.165) is 6.20 Å². The first-order chi connectivity index (χ1) is 8.91. The number of nitrogens with one attached hydrogen (secondary N) is 1. The molecule has 102 valence electrons. The topological polar surface area (TPSA) is 50.9 Å². The van der Waals surface area contributed by atoms with Crippen LogP contribution in [-0.4, -0.2) is 4.98 Å². The Balaban J connectivity index is 2.35. The van der Waals surface area contributed by atoms with Gasteiger partial charge in [0.05, 0.1) is 6.04 Å². The van der Waals surface area contributed by atoms with Crippen molar-refractivity contribution < 1.29 is 17.6 Å². The van der Waals surface area contributed by atoms with E-state index in [1.54, 1.807) is 6.07 Å². The predicted molar refractivity (Wildman–Crippen MR) is 62.7 cm³/mol. The second kappa shape index (κ2) is 5.24. The Morgan fingerprint density at radius 2 is 2.05 bits per heavy atom. The predicted octanol–water partition coefficient (Wildman–Crippen LogP) is 2.85. The van der Waals surface area contributed by atoms with Crippen LogP contribution >= 0.6 is 11.3 Å². The molecule has 0 saturated carbocycles. The Labute approximate surface area is 110 Å². The maximum absolute atomic E-state index is 13.1. The number of hydrogen-bond acceptors (Lipinski definition) is 4. The van der Waals surface area contributed by atoms with E-state index in [9.17, 15) is 17.6 Å². The van der Waals surface area contributed by atoms with Crippen molar-refractivity contribution in [2.45, 2.75) is 12.2 Å². The molecule has 0 spiro atoms. The Hall–Kier alpha value is -1.51. The Bertz CT molecular complexity index is 567. The summed E-state index contributed by atoms with van der Waals surface area (Å²) >= 11 is 0.472. The van der Waals surface area contributed by atoms with Crippen molar-refractivity contribution in [1.82, 2.24) is 10.4 Å². The van der Waals surface area contributed by atoms with E-state index in [-0.39, 0.29) is 4.88 Å². The molecule has 1 unspecified atom stereocenters. The van der Waals surface area contributed by atoms with Crippen molar-refractivity contribution in [3.05, 3.63) is 51.7 Å². The van der Waals surface area contributed by atoms with Gasteiger partial charge in [-0.3, -0.25) is 5.84 Å². The van der Waals surface area contributed by atoms with Crippen LogP contribution in [0.3, 0.4) is 0 Å². The van der Waals surface area contributed by atoms with Gasteiger partial charge in [-0.05, 0) is 17.7 Å². The fourth-order valence-electron chi connectivity index (χ4n) is 1.58. The summed E-state index contributed by atoms with van der Waals surface area (Å²) in [6.07, 6.45) is -3.41. The lowest BCUT2D eigenvalue weighted by Gasteiger charge is -2.14. The number of benzene rings is 1. The molecule has 3 N–H and O–H groups in total. The van der Waals surface area contributed by atoms with Gasteiger partial charge in [0, 0.05) is 11.1 Å². The van der Waals surface area contributed by atoms with E-state index in [1.807, 2.05) is 0 Å². The van der Waals surface area contributed by atoms with Crippen molar-refractivity contribution in [3.63, 3.8) is 0 Å². The number of hydrazine groups is 1. The summed E-state index contributed by atoms with van der Waals surface area (Å²) in [6, 6.07) is 4.74. The SMILES string of the molecule is NNC(c1cccc(F)c1)c1cnc(C(F)(F)F)s1. The van der Waals surface area contributed by atoms with Gasteiger partial charge in [-0.15, -0.1) is 11.3 Å². The van der Waals surface area contributed by atoms with Crippen molar-refractivity contribution in [2.75, 3.05) is 0 Å². The zero-order valence-corrected chi connectivity index (χ0v) is 10.2. The highest BCUT2D eigenvalue weighted by molar-refractivity contribution is 7.11. The first-order valence-electron chi connectivity index (χ1n) is 5.16. The van der Waals surface area contributed by atoms with Crippen LogP contribution < -0.4 is 11.3 Å². The number of alkyl halides is 3. The molecule has 3 nitrogen and oxygen atoms in total. The van der Waals surface area contributed by atoms with Crippen molar-refractivity contribution >= 4 is 11.3 Å². The first kappa shape index (κ1) is 13.9. The maximum atomic E-state index is 13.1. The summed E-state index contributed by atoms with van der Waals surface area (Å²) < 4.78 is 50.5. The van der Waals surface area contributed by atoms with Gasteiger partial charge in [0.15, 0.2) is 5.01 Å². The molecule has 0 amide bonds. The van der Waals surface area contributed by atoms with Gasteiger partial charge < -0.3 is 0 Å². The molecule has 0 saturated heterocycles. The third kappa shape index (κ3) is 3.09. The molecule has 8 heteroatoms. The molecule has 0 aliphatic rings. The minimum absolute atomic E-state index is 0.264. The standard InChI is InChI=1S/C11H9F4N3S/c12-7-3-1-2-6(4-7)9(18-16)8-5-17-10(19-8)11(13,14)15/h1-5,9,18H,16H2. The van der Waals surface area contributed by atoms with E-state index in [2.05, 4.69) is 10.4 Å².